The SMILES string of the molecule is CCCCn1c(N)c(N(C(=O)CSc2nnc(NC)s2)C2CCCC2)c(=O)[nH]c1=O. The number of hydrogen-bond acceptors (Lipinski definition) is 9. The summed E-state index contributed by atoms with van der Waals surface area (Å²) < 4.78 is 2.01. The minimum Gasteiger partial charge on any atom is -0.383 e. The lowest BCUT2D eigenvalue weighted by atomic mass is 10.2. The normalized spacial score (nSPS) is 14.2. The lowest BCUT2D eigenvalue weighted by Crippen LogP contribution is -2.46. The zero-order valence-electron chi connectivity index (χ0n) is 17.1. The van der Waals surface area contributed by atoms with E-state index in [1.54, 1.807) is 7.05 Å². The van der Waals surface area contributed by atoms with Crippen molar-refractivity contribution in [2.45, 2.75) is 62.4 Å². The number of carbonyl (C=O) groups excluding carboxylic acids is 1. The zero-order valence-corrected chi connectivity index (χ0v) is 18.8. The lowest BCUT2D eigenvalue weighted by Gasteiger charge is -2.29. The Hall–Kier alpha value is -2.34. The predicted octanol–water partition coefficient (Wildman–Crippen LogP) is 1.88. The molecule has 1 fully saturated rings. The van der Waals surface area contributed by atoms with E-state index in [1.165, 1.54) is 32.6 Å². The number of nitrogens with two attached hydrogens (primary N) is 1. The third kappa shape index (κ3) is 4.86. The summed E-state index contributed by atoms with van der Waals surface area (Å²) in [7, 11) is 1.75. The molecule has 2 aromatic rings. The van der Waals surface area contributed by atoms with Crippen LogP contribution in [0.15, 0.2) is 13.9 Å². The number of aromatic nitrogens is 4. The van der Waals surface area contributed by atoms with Gasteiger partial charge in [0, 0.05) is 19.6 Å². The second-order valence-corrected chi connectivity index (χ2v) is 9.31. The van der Waals surface area contributed by atoms with Gasteiger partial charge in [0.1, 0.15) is 5.82 Å². The Bertz CT molecular complexity index is 994. The van der Waals surface area contributed by atoms with Crippen LogP contribution in [0, 0.1) is 0 Å². The van der Waals surface area contributed by atoms with Gasteiger partial charge in [-0.2, -0.15) is 0 Å². The maximum atomic E-state index is 13.2. The summed E-state index contributed by atoms with van der Waals surface area (Å²) in [5.41, 5.74) is 5.19. The average molecular weight is 454 g/mol. The van der Waals surface area contributed by atoms with Crippen molar-refractivity contribution in [1.82, 2.24) is 19.7 Å². The van der Waals surface area contributed by atoms with Gasteiger partial charge in [-0.05, 0) is 19.3 Å². The van der Waals surface area contributed by atoms with Crippen LogP contribution in [0.5, 0.6) is 0 Å². The van der Waals surface area contributed by atoms with Gasteiger partial charge in [0.05, 0.1) is 5.75 Å². The fourth-order valence-corrected chi connectivity index (χ4v) is 5.15. The number of anilines is 3. The van der Waals surface area contributed by atoms with Crippen molar-refractivity contribution < 1.29 is 4.79 Å². The van der Waals surface area contributed by atoms with E-state index in [0.717, 1.165) is 38.5 Å². The van der Waals surface area contributed by atoms with Crippen molar-refractivity contribution in [2.24, 2.45) is 0 Å². The quantitative estimate of drug-likeness (QED) is 0.489. The van der Waals surface area contributed by atoms with Crippen molar-refractivity contribution in [1.29, 1.82) is 0 Å². The van der Waals surface area contributed by atoms with Crippen molar-refractivity contribution in [3.63, 3.8) is 0 Å². The molecular formula is C18H27N7O3S2. The third-order valence-corrected chi connectivity index (χ3v) is 7.15. The molecule has 4 N–H and O–H groups in total. The highest BCUT2D eigenvalue weighted by atomic mass is 32.2. The maximum Gasteiger partial charge on any atom is 0.330 e. The molecule has 0 spiro atoms. The molecule has 2 heterocycles. The van der Waals surface area contributed by atoms with E-state index in [0.29, 0.717) is 16.0 Å². The maximum absolute atomic E-state index is 13.2. The fourth-order valence-electron chi connectivity index (χ4n) is 3.58. The van der Waals surface area contributed by atoms with E-state index in [1.807, 2.05) is 6.92 Å². The molecule has 3 rings (SSSR count). The Kier molecular flexibility index (Phi) is 7.53. The van der Waals surface area contributed by atoms with Crippen LogP contribution in [0.4, 0.5) is 16.6 Å². The predicted molar refractivity (Wildman–Crippen MR) is 121 cm³/mol. The molecule has 0 aromatic carbocycles. The fraction of sp³-hybridized carbons (Fsp3) is 0.611. The lowest BCUT2D eigenvalue weighted by molar-refractivity contribution is -0.116. The number of nitrogens with one attached hydrogen (secondary N) is 2. The number of H-pyrrole nitrogens is 1. The molecule has 0 radical (unpaired) electrons. The van der Waals surface area contributed by atoms with Crippen LogP contribution in [-0.4, -0.2) is 44.5 Å². The van der Waals surface area contributed by atoms with Gasteiger partial charge in [-0.1, -0.05) is 49.3 Å². The van der Waals surface area contributed by atoms with Crippen LogP contribution < -0.4 is 27.2 Å². The molecule has 0 unspecified atom stereocenters. The largest absolute Gasteiger partial charge is 0.383 e. The molecule has 1 aliphatic carbocycles. The second-order valence-electron chi connectivity index (χ2n) is 7.11. The van der Waals surface area contributed by atoms with Crippen molar-refractivity contribution in [3.8, 4) is 0 Å². The van der Waals surface area contributed by atoms with Crippen molar-refractivity contribution >= 4 is 45.6 Å². The molecule has 1 amide bonds. The van der Waals surface area contributed by atoms with Gasteiger partial charge in [0.15, 0.2) is 10.0 Å². The van der Waals surface area contributed by atoms with Crippen molar-refractivity contribution in [3.05, 3.63) is 20.8 Å². The summed E-state index contributed by atoms with van der Waals surface area (Å²) >= 11 is 2.63. The summed E-state index contributed by atoms with van der Waals surface area (Å²) in [5, 5.41) is 11.6. The van der Waals surface area contributed by atoms with Gasteiger partial charge in [0.25, 0.3) is 5.56 Å². The molecule has 164 valence electrons. The monoisotopic (exact) mass is 453 g/mol. The van der Waals surface area contributed by atoms with E-state index in [4.69, 9.17) is 5.73 Å². The first-order valence-corrected chi connectivity index (χ1v) is 11.8. The highest BCUT2D eigenvalue weighted by Gasteiger charge is 2.32. The van der Waals surface area contributed by atoms with Crippen LogP contribution in [0.3, 0.4) is 0 Å². The summed E-state index contributed by atoms with van der Waals surface area (Å²) in [5.74, 6) is -0.0798. The number of hydrogen-bond donors (Lipinski definition) is 3. The molecule has 30 heavy (non-hydrogen) atoms. The van der Waals surface area contributed by atoms with E-state index >= 15 is 0 Å². The number of nitrogens with zero attached hydrogens (tertiary/aromatic N) is 4. The minimum atomic E-state index is -0.621. The molecule has 0 bridgehead atoms. The highest BCUT2D eigenvalue weighted by molar-refractivity contribution is 8.01. The van der Waals surface area contributed by atoms with Crippen LogP contribution in [-0.2, 0) is 11.3 Å². The van der Waals surface area contributed by atoms with E-state index < -0.39 is 11.2 Å². The van der Waals surface area contributed by atoms with Crippen LogP contribution in [0.2, 0.25) is 0 Å². The Morgan fingerprint density at radius 1 is 1.37 bits per heavy atom. The van der Waals surface area contributed by atoms with E-state index in [2.05, 4.69) is 20.5 Å². The standard InChI is InChI=1S/C18H27N7O3S2/c1-3-4-9-24-14(19)13(15(27)21-17(24)28)25(11-7-5-6-8-11)12(26)10-29-18-23-22-16(20-2)30-18/h11H,3-10,19H2,1-2H3,(H,20,22)(H,21,27,28). The van der Waals surface area contributed by atoms with Gasteiger partial charge in [-0.15, -0.1) is 10.2 Å². The van der Waals surface area contributed by atoms with Crippen LogP contribution in [0.1, 0.15) is 45.4 Å². The van der Waals surface area contributed by atoms with E-state index in [-0.39, 0.29) is 29.2 Å². The highest BCUT2D eigenvalue weighted by Crippen LogP contribution is 2.31. The van der Waals surface area contributed by atoms with Gasteiger partial charge < -0.3 is 16.0 Å². The number of aromatic amines is 1. The topological polar surface area (TPSA) is 139 Å². The van der Waals surface area contributed by atoms with Gasteiger partial charge in [-0.3, -0.25) is 19.1 Å². The number of thioether (sulfide) groups is 1. The zero-order chi connectivity index (χ0) is 21.7. The number of nitrogen functional groups attached to an aromatic ring is 1. The average Bonchev–Trinajstić information content (AvgIpc) is 3.41. The first-order valence-electron chi connectivity index (χ1n) is 10.0. The summed E-state index contributed by atoms with van der Waals surface area (Å²) in [6, 6.07) is -0.110. The van der Waals surface area contributed by atoms with E-state index in [9.17, 15) is 14.4 Å². The molecule has 1 aliphatic rings. The van der Waals surface area contributed by atoms with Gasteiger partial charge in [-0.25, -0.2) is 4.79 Å². The Labute approximate surface area is 182 Å². The summed E-state index contributed by atoms with van der Waals surface area (Å²) in [4.78, 5) is 42.1. The second kappa shape index (κ2) is 10.1. The molecular weight excluding hydrogens is 426 g/mol. The van der Waals surface area contributed by atoms with Crippen LogP contribution >= 0.6 is 23.1 Å². The van der Waals surface area contributed by atoms with Gasteiger partial charge in [0.2, 0.25) is 11.0 Å². The summed E-state index contributed by atoms with van der Waals surface area (Å²) in [6.07, 6.45) is 5.18. The van der Waals surface area contributed by atoms with Crippen LogP contribution in [0.25, 0.3) is 0 Å². The molecule has 0 saturated heterocycles. The number of rotatable bonds is 9. The molecule has 0 aliphatic heterocycles. The Morgan fingerprint density at radius 3 is 2.73 bits per heavy atom. The smallest absolute Gasteiger partial charge is 0.330 e. The number of amides is 1. The first kappa shape index (κ1) is 22.3. The summed E-state index contributed by atoms with van der Waals surface area (Å²) in [6.45, 7) is 2.40. The minimum absolute atomic E-state index is 0.0517. The molecule has 10 nitrogen and oxygen atoms in total. The van der Waals surface area contributed by atoms with Gasteiger partial charge >= 0.3 is 5.69 Å². The third-order valence-electron chi connectivity index (χ3n) is 5.09. The number of carbonyl (C=O) groups is 1. The molecule has 2 aromatic heterocycles. The van der Waals surface area contributed by atoms with Crippen molar-refractivity contribution in [2.75, 3.05) is 28.8 Å². The molecule has 12 heteroatoms. The molecule has 1 saturated carbocycles. The Balaban J connectivity index is 1.92. The molecule has 0 atom stereocenters. The number of unbranched alkanes of at least 4 members (excludes halogenated alkanes) is 1. The first-order chi connectivity index (χ1) is 14.5. The Morgan fingerprint density at radius 2 is 2.10 bits per heavy atom.